The molecule has 2 aromatic rings. The number of alkyl halides is 1. The van der Waals surface area contributed by atoms with Gasteiger partial charge in [-0.25, -0.2) is 4.39 Å². The highest BCUT2D eigenvalue weighted by atomic mass is 35.5. The summed E-state index contributed by atoms with van der Waals surface area (Å²) in [4.78, 5) is 0. The fraction of sp³-hybridized carbons (Fsp3) is 0.200. The van der Waals surface area contributed by atoms with Gasteiger partial charge >= 0.3 is 0 Å². The molecule has 0 aromatic heterocycles. The van der Waals surface area contributed by atoms with E-state index in [2.05, 4.69) is 5.32 Å². The quantitative estimate of drug-likeness (QED) is 0.799. The maximum atomic E-state index is 13.2. The van der Waals surface area contributed by atoms with Crippen molar-refractivity contribution in [2.45, 2.75) is 11.9 Å². The molecule has 4 heteroatoms. The molecule has 0 saturated heterocycles. The Labute approximate surface area is 122 Å². The molecule has 0 aliphatic carbocycles. The van der Waals surface area contributed by atoms with Crippen LogP contribution in [0.2, 0.25) is 5.02 Å². The molecule has 0 bridgehead atoms. The van der Waals surface area contributed by atoms with Gasteiger partial charge < -0.3 is 5.32 Å². The number of benzene rings is 2. The van der Waals surface area contributed by atoms with Crippen LogP contribution in [0.15, 0.2) is 48.5 Å². The molecular formula is C15H14Cl2FN. The summed E-state index contributed by atoms with van der Waals surface area (Å²) in [5.74, 6) is -0.397. The first-order valence-corrected chi connectivity index (χ1v) is 6.82. The Hall–Kier alpha value is -1.09. The number of hydrogen-bond acceptors (Lipinski definition) is 1. The highest BCUT2D eigenvalue weighted by Gasteiger charge is 2.08. The van der Waals surface area contributed by atoms with Crippen molar-refractivity contribution in [2.75, 3.05) is 6.54 Å². The van der Waals surface area contributed by atoms with E-state index >= 15 is 0 Å². The minimum atomic E-state index is -0.397. The van der Waals surface area contributed by atoms with E-state index in [9.17, 15) is 4.39 Å². The summed E-state index contributed by atoms with van der Waals surface area (Å²) in [5, 5.41) is 3.24. The normalized spacial score (nSPS) is 12.4. The van der Waals surface area contributed by atoms with E-state index in [0.29, 0.717) is 13.1 Å². The number of halogens is 3. The van der Waals surface area contributed by atoms with Gasteiger partial charge in [0.2, 0.25) is 0 Å². The van der Waals surface area contributed by atoms with Crippen molar-refractivity contribution in [3.8, 4) is 0 Å². The molecule has 0 amide bonds. The van der Waals surface area contributed by atoms with Gasteiger partial charge in [0.15, 0.2) is 0 Å². The summed E-state index contributed by atoms with van der Waals surface area (Å²) in [6.07, 6.45) is 0. The van der Waals surface area contributed by atoms with E-state index in [-0.39, 0.29) is 10.4 Å². The zero-order chi connectivity index (χ0) is 13.7. The Bertz CT molecular complexity index is 531. The molecule has 0 saturated carbocycles. The van der Waals surface area contributed by atoms with E-state index in [1.54, 1.807) is 12.1 Å². The van der Waals surface area contributed by atoms with E-state index in [1.165, 1.54) is 6.07 Å². The molecule has 1 nitrogen and oxygen atoms in total. The van der Waals surface area contributed by atoms with E-state index in [4.69, 9.17) is 23.2 Å². The lowest BCUT2D eigenvalue weighted by Crippen LogP contribution is -2.18. The van der Waals surface area contributed by atoms with Crippen LogP contribution in [0.1, 0.15) is 16.5 Å². The van der Waals surface area contributed by atoms with Crippen LogP contribution in [0, 0.1) is 5.82 Å². The lowest BCUT2D eigenvalue weighted by molar-refractivity contribution is 0.619. The van der Waals surface area contributed by atoms with Crippen molar-refractivity contribution in [3.05, 3.63) is 70.5 Å². The van der Waals surface area contributed by atoms with Crippen LogP contribution in [0.5, 0.6) is 0 Å². The van der Waals surface area contributed by atoms with Crippen molar-refractivity contribution in [1.29, 1.82) is 0 Å². The van der Waals surface area contributed by atoms with Gasteiger partial charge in [0.05, 0.1) is 10.4 Å². The van der Waals surface area contributed by atoms with Crippen LogP contribution in [0.3, 0.4) is 0 Å². The second-order valence-electron chi connectivity index (χ2n) is 4.22. The molecule has 0 aliphatic heterocycles. The maximum Gasteiger partial charge on any atom is 0.142 e. The van der Waals surface area contributed by atoms with Gasteiger partial charge in [-0.15, -0.1) is 11.6 Å². The first kappa shape index (κ1) is 14.3. The zero-order valence-corrected chi connectivity index (χ0v) is 11.8. The molecule has 0 heterocycles. The van der Waals surface area contributed by atoms with Gasteiger partial charge in [-0.2, -0.15) is 0 Å². The topological polar surface area (TPSA) is 12.0 Å². The molecular weight excluding hydrogens is 284 g/mol. The Morgan fingerprint density at radius 2 is 1.79 bits per heavy atom. The summed E-state index contributed by atoms with van der Waals surface area (Å²) in [7, 11) is 0. The van der Waals surface area contributed by atoms with Gasteiger partial charge in [0.1, 0.15) is 5.82 Å². The number of nitrogens with one attached hydrogen (secondary N) is 1. The first-order chi connectivity index (χ1) is 9.18. The summed E-state index contributed by atoms with van der Waals surface area (Å²) >= 11 is 12.2. The van der Waals surface area contributed by atoms with Gasteiger partial charge in [0, 0.05) is 13.1 Å². The van der Waals surface area contributed by atoms with Gasteiger partial charge in [-0.1, -0.05) is 54.1 Å². The summed E-state index contributed by atoms with van der Waals surface area (Å²) in [6, 6.07) is 14.6. The van der Waals surface area contributed by atoms with E-state index in [1.807, 2.05) is 30.3 Å². The highest BCUT2D eigenvalue weighted by molar-refractivity contribution is 6.31. The van der Waals surface area contributed by atoms with Gasteiger partial charge in [0.25, 0.3) is 0 Å². The molecule has 2 rings (SSSR count). The van der Waals surface area contributed by atoms with Crippen molar-refractivity contribution in [3.63, 3.8) is 0 Å². The van der Waals surface area contributed by atoms with E-state index in [0.717, 1.165) is 11.1 Å². The van der Waals surface area contributed by atoms with Crippen LogP contribution in [-0.2, 0) is 6.54 Å². The molecule has 1 unspecified atom stereocenters. The predicted molar refractivity (Wildman–Crippen MR) is 78.2 cm³/mol. The minimum absolute atomic E-state index is 0.117. The third-order valence-corrected chi connectivity index (χ3v) is 3.66. The van der Waals surface area contributed by atoms with E-state index < -0.39 is 5.82 Å². The third-order valence-electron chi connectivity index (χ3n) is 2.83. The monoisotopic (exact) mass is 297 g/mol. The molecule has 0 aliphatic rings. The average molecular weight is 298 g/mol. The Balaban J connectivity index is 1.88. The van der Waals surface area contributed by atoms with Gasteiger partial charge in [-0.3, -0.25) is 0 Å². The molecule has 0 radical (unpaired) electrons. The maximum absolute atomic E-state index is 13.2. The molecule has 100 valence electrons. The summed E-state index contributed by atoms with van der Waals surface area (Å²) < 4.78 is 13.2. The Morgan fingerprint density at radius 3 is 2.53 bits per heavy atom. The number of hydrogen-bond donors (Lipinski definition) is 1. The van der Waals surface area contributed by atoms with Crippen molar-refractivity contribution < 1.29 is 4.39 Å². The average Bonchev–Trinajstić information content (AvgIpc) is 2.44. The molecule has 0 spiro atoms. The van der Waals surface area contributed by atoms with Crippen LogP contribution < -0.4 is 5.32 Å². The van der Waals surface area contributed by atoms with Crippen molar-refractivity contribution in [1.82, 2.24) is 5.32 Å². The third kappa shape index (κ3) is 3.93. The highest BCUT2D eigenvalue weighted by Crippen LogP contribution is 2.21. The fourth-order valence-electron chi connectivity index (χ4n) is 1.80. The molecule has 19 heavy (non-hydrogen) atoms. The minimum Gasteiger partial charge on any atom is -0.311 e. The Morgan fingerprint density at radius 1 is 1.05 bits per heavy atom. The molecule has 0 fully saturated rings. The summed E-state index contributed by atoms with van der Waals surface area (Å²) in [5.41, 5.74) is 1.79. The van der Waals surface area contributed by atoms with Crippen LogP contribution in [0.25, 0.3) is 0 Å². The van der Waals surface area contributed by atoms with Gasteiger partial charge in [-0.05, 0) is 17.2 Å². The standard InChI is InChI=1S/C15H14Cl2FN/c16-13(11-5-2-1-3-6-11)10-19-9-12-7-4-8-14(18)15(12)17/h1-8,13,19H,9-10H2. The molecule has 2 aromatic carbocycles. The lowest BCUT2D eigenvalue weighted by atomic mass is 10.1. The first-order valence-electron chi connectivity index (χ1n) is 6.01. The molecule has 1 N–H and O–H groups in total. The smallest absolute Gasteiger partial charge is 0.142 e. The van der Waals surface area contributed by atoms with Crippen molar-refractivity contribution in [2.24, 2.45) is 0 Å². The Kier molecular flexibility index (Phi) is 5.20. The fourth-order valence-corrected chi connectivity index (χ4v) is 2.25. The van der Waals surface area contributed by atoms with Crippen LogP contribution in [-0.4, -0.2) is 6.54 Å². The predicted octanol–water partition coefficient (Wildman–Crippen LogP) is 4.55. The van der Waals surface area contributed by atoms with Crippen molar-refractivity contribution >= 4 is 23.2 Å². The number of rotatable bonds is 5. The SMILES string of the molecule is Fc1cccc(CNCC(Cl)c2ccccc2)c1Cl. The molecule has 1 atom stereocenters. The lowest BCUT2D eigenvalue weighted by Gasteiger charge is -2.12. The second-order valence-corrected chi connectivity index (χ2v) is 5.13. The van der Waals surface area contributed by atoms with Crippen LogP contribution >= 0.6 is 23.2 Å². The summed E-state index contributed by atoms with van der Waals surface area (Å²) in [6.45, 7) is 1.09. The second kappa shape index (κ2) is 6.90. The largest absolute Gasteiger partial charge is 0.311 e. The zero-order valence-electron chi connectivity index (χ0n) is 10.2. The van der Waals surface area contributed by atoms with Crippen LogP contribution in [0.4, 0.5) is 4.39 Å².